The second-order valence-corrected chi connectivity index (χ2v) is 14.7. The van der Waals surface area contributed by atoms with Crippen molar-refractivity contribution in [1.29, 1.82) is 0 Å². The number of fused-ring (bicyclic) bond motifs is 1. The summed E-state index contributed by atoms with van der Waals surface area (Å²) < 4.78 is 54.7. The van der Waals surface area contributed by atoms with Crippen molar-refractivity contribution in [1.82, 2.24) is 9.55 Å². The number of aromatic nitrogens is 2. The predicted molar refractivity (Wildman–Crippen MR) is 119 cm³/mol. The van der Waals surface area contributed by atoms with Crippen molar-refractivity contribution < 1.29 is 22.6 Å². The molecule has 0 amide bonds. The van der Waals surface area contributed by atoms with Crippen molar-refractivity contribution >= 4 is 35.0 Å². The maximum Gasteiger partial charge on any atom is 0.418 e. The van der Waals surface area contributed by atoms with Gasteiger partial charge in [-0.05, 0) is 28.0 Å². The Morgan fingerprint density at radius 1 is 1.13 bits per heavy atom. The molecule has 0 radical (unpaired) electrons. The molecule has 2 heterocycles. The fourth-order valence-corrected chi connectivity index (χ4v) is 4.50. The normalized spacial score (nSPS) is 12.5. The van der Waals surface area contributed by atoms with Gasteiger partial charge in [0.15, 0.2) is 0 Å². The van der Waals surface area contributed by atoms with Gasteiger partial charge in [-0.1, -0.05) is 37.8 Å². The van der Waals surface area contributed by atoms with Crippen LogP contribution in [0.4, 0.5) is 13.2 Å². The third-order valence-electron chi connectivity index (χ3n) is 4.75. The predicted octanol–water partition coefficient (Wildman–Crippen LogP) is 6.81. The molecular weight excluding hydrogens is 477 g/mol. The maximum absolute atomic E-state index is 14.0. The van der Waals surface area contributed by atoms with Crippen molar-refractivity contribution in [2.75, 3.05) is 13.7 Å². The van der Waals surface area contributed by atoms with Crippen LogP contribution in [0.15, 0.2) is 41.1 Å². The highest BCUT2D eigenvalue weighted by atomic mass is 79.9. The highest BCUT2D eigenvalue weighted by Gasteiger charge is 2.37. The number of benzene rings is 1. The molecule has 0 aliphatic rings. The molecule has 4 nitrogen and oxygen atoms in total. The largest absolute Gasteiger partial charge is 0.496 e. The quantitative estimate of drug-likeness (QED) is 0.264. The summed E-state index contributed by atoms with van der Waals surface area (Å²) in [6.45, 7) is 7.42. The Morgan fingerprint density at radius 3 is 2.47 bits per heavy atom. The lowest BCUT2D eigenvalue weighted by atomic mass is 10.0. The molecule has 1 aromatic carbocycles. The first-order chi connectivity index (χ1) is 14.0. The van der Waals surface area contributed by atoms with Crippen molar-refractivity contribution in [3.8, 4) is 16.9 Å². The van der Waals surface area contributed by atoms with Crippen LogP contribution in [0.1, 0.15) is 5.56 Å². The van der Waals surface area contributed by atoms with E-state index in [-0.39, 0.29) is 22.2 Å². The van der Waals surface area contributed by atoms with E-state index in [0.717, 1.165) is 6.04 Å². The molecule has 30 heavy (non-hydrogen) atoms. The Labute approximate surface area is 183 Å². The number of hydrogen-bond donors (Lipinski definition) is 0. The number of pyridine rings is 1. The summed E-state index contributed by atoms with van der Waals surface area (Å²) in [6, 6.07) is 7.98. The Kier molecular flexibility index (Phi) is 6.64. The molecule has 0 saturated carbocycles. The van der Waals surface area contributed by atoms with Gasteiger partial charge in [0.1, 0.15) is 18.1 Å². The molecular formula is C21H24BrF3N2O2Si. The molecule has 0 N–H and O–H groups in total. The number of hydrogen-bond acceptors (Lipinski definition) is 3. The zero-order valence-corrected chi connectivity index (χ0v) is 19.9. The Bertz CT molecular complexity index is 1050. The summed E-state index contributed by atoms with van der Waals surface area (Å²) in [5.41, 5.74) is 0.433. The van der Waals surface area contributed by atoms with Gasteiger partial charge < -0.3 is 14.0 Å². The average Bonchev–Trinajstić information content (AvgIpc) is 3.01. The molecule has 0 atom stereocenters. The van der Waals surface area contributed by atoms with E-state index < -0.39 is 19.8 Å². The van der Waals surface area contributed by atoms with Crippen LogP contribution in [0.3, 0.4) is 0 Å². The first-order valence-corrected chi connectivity index (χ1v) is 14.0. The third-order valence-corrected chi connectivity index (χ3v) is 7.05. The minimum absolute atomic E-state index is 0.0233. The molecule has 0 spiro atoms. The Morgan fingerprint density at radius 2 is 1.83 bits per heavy atom. The topological polar surface area (TPSA) is 36.3 Å². The summed E-state index contributed by atoms with van der Waals surface area (Å²) in [5.74, 6) is 0.490. The van der Waals surface area contributed by atoms with Gasteiger partial charge in [0.25, 0.3) is 0 Å². The monoisotopic (exact) mass is 500 g/mol. The van der Waals surface area contributed by atoms with Gasteiger partial charge >= 0.3 is 6.18 Å². The number of rotatable bonds is 7. The zero-order chi connectivity index (χ0) is 22.1. The SMILES string of the molecule is COc1ccccc1-c1cn(COCC[Si](C)(C)C)c2ncc(Br)c(C(F)(F)F)c12. The summed E-state index contributed by atoms with van der Waals surface area (Å²) in [4.78, 5) is 4.29. The highest BCUT2D eigenvalue weighted by molar-refractivity contribution is 9.10. The van der Waals surface area contributed by atoms with E-state index in [4.69, 9.17) is 9.47 Å². The van der Waals surface area contributed by atoms with Crippen molar-refractivity contribution in [3.05, 3.63) is 46.7 Å². The molecule has 0 unspecified atom stereocenters. The van der Waals surface area contributed by atoms with Gasteiger partial charge in [-0.25, -0.2) is 4.98 Å². The van der Waals surface area contributed by atoms with E-state index in [9.17, 15) is 13.2 Å². The zero-order valence-electron chi connectivity index (χ0n) is 17.3. The van der Waals surface area contributed by atoms with Crippen LogP contribution in [0.25, 0.3) is 22.2 Å². The van der Waals surface area contributed by atoms with Crippen LogP contribution in [0, 0.1) is 0 Å². The van der Waals surface area contributed by atoms with Crippen LogP contribution < -0.4 is 4.74 Å². The molecule has 9 heteroatoms. The third kappa shape index (κ3) is 4.89. The van der Waals surface area contributed by atoms with Crippen LogP contribution in [0.2, 0.25) is 25.7 Å². The fraction of sp³-hybridized carbons (Fsp3) is 0.381. The van der Waals surface area contributed by atoms with Gasteiger partial charge in [-0.15, -0.1) is 0 Å². The summed E-state index contributed by atoms with van der Waals surface area (Å²) in [6.07, 6.45) is -1.71. The summed E-state index contributed by atoms with van der Waals surface area (Å²) in [7, 11) is 0.225. The number of para-hydroxylation sites is 1. The van der Waals surface area contributed by atoms with E-state index in [2.05, 4.69) is 40.6 Å². The first-order valence-electron chi connectivity index (χ1n) is 9.48. The van der Waals surface area contributed by atoms with E-state index in [1.165, 1.54) is 13.3 Å². The average molecular weight is 501 g/mol. The van der Waals surface area contributed by atoms with E-state index in [1.807, 2.05) is 0 Å². The van der Waals surface area contributed by atoms with Crippen molar-refractivity contribution in [2.45, 2.75) is 38.6 Å². The number of nitrogens with zero attached hydrogens (tertiary/aromatic N) is 2. The van der Waals surface area contributed by atoms with Crippen LogP contribution in [-0.2, 0) is 17.6 Å². The molecule has 0 bridgehead atoms. The van der Waals surface area contributed by atoms with Crippen LogP contribution >= 0.6 is 15.9 Å². The molecule has 2 aromatic heterocycles. The van der Waals surface area contributed by atoms with Gasteiger partial charge in [0.2, 0.25) is 0 Å². The highest BCUT2D eigenvalue weighted by Crippen LogP contribution is 2.45. The fourth-order valence-electron chi connectivity index (χ4n) is 3.22. The second kappa shape index (κ2) is 8.72. The lowest BCUT2D eigenvalue weighted by molar-refractivity contribution is -0.136. The molecule has 0 saturated heterocycles. The minimum Gasteiger partial charge on any atom is -0.496 e. The van der Waals surface area contributed by atoms with Gasteiger partial charge in [-0.3, -0.25) is 0 Å². The van der Waals surface area contributed by atoms with Crippen molar-refractivity contribution in [2.24, 2.45) is 0 Å². The van der Waals surface area contributed by atoms with Gasteiger partial charge in [0.05, 0.1) is 12.7 Å². The second-order valence-electron chi connectivity index (χ2n) is 8.24. The number of ether oxygens (including phenoxy) is 2. The molecule has 162 valence electrons. The van der Waals surface area contributed by atoms with E-state index >= 15 is 0 Å². The first kappa shape index (κ1) is 22.8. The molecule has 0 aliphatic heterocycles. The number of alkyl halides is 3. The van der Waals surface area contributed by atoms with Crippen LogP contribution in [-0.4, -0.2) is 31.3 Å². The number of methoxy groups -OCH3 is 1. The molecule has 0 aliphatic carbocycles. The van der Waals surface area contributed by atoms with Crippen molar-refractivity contribution in [3.63, 3.8) is 0 Å². The Hall–Kier alpha value is -1.84. The Balaban J connectivity index is 2.16. The smallest absolute Gasteiger partial charge is 0.418 e. The van der Waals surface area contributed by atoms with Gasteiger partial charge in [-0.2, -0.15) is 13.2 Å². The molecule has 3 rings (SSSR count). The van der Waals surface area contributed by atoms with E-state index in [1.54, 1.807) is 35.0 Å². The maximum atomic E-state index is 14.0. The standard InChI is InChI=1S/C21H24BrF3N2O2Si/c1-28-17-8-6-5-7-14(17)15-12-27(13-29-9-10-30(2,3)4)20-18(15)19(21(23,24)25)16(22)11-26-20/h5-8,11-12H,9-10,13H2,1-4H3. The summed E-state index contributed by atoms with van der Waals surface area (Å²) >= 11 is 3.04. The lowest BCUT2D eigenvalue weighted by Gasteiger charge is -2.16. The summed E-state index contributed by atoms with van der Waals surface area (Å²) in [5, 5.41) is 0.0233. The van der Waals surface area contributed by atoms with Gasteiger partial charge in [0, 0.05) is 48.1 Å². The lowest BCUT2D eigenvalue weighted by Crippen LogP contribution is -2.22. The molecule has 3 aromatic rings. The minimum atomic E-state index is -4.55. The van der Waals surface area contributed by atoms with E-state index in [0.29, 0.717) is 23.5 Å². The number of halogens is 4. The van der Waals surface area contributed by atoms with Crippen LogP contribution in [0.5, 0.6) is 5.75 Å². The molecule has 0 fully saturated rings.